The molecule has 1 aromatic carbocycles. The summed E-state index contributed by atoms with van der Waals surface area (Å²) in [5, 5.41) is 0. The molecule has 3 heteroatoms. The molecule has 0 atom stereocenters. The summed E-state index contributed by atoms with van der Waals surface area (Å²) >= 11 is 0. The van der Waals surface area contributed by atoms with Gasteiger partial charge in [-0.2, -0.15) is 0 Å². The molecule has 0 fully saturated rings. The Balaban J connectivity index is 2.26. The first kappa shape index (κ1) is 12.8. The zero-order chi connectivity index (χ0) is 13.0. The van der Waals surface area contributed by atoms with Crippen molar-refractivity contribution in [1.82, 2.24) is 0 Å². The van der Waals surface area contributed by atoms with Crippen LogP contribution in [0.2, 0.25) is 0 Å². The number of halogens is 1. The fraction of sp³-hybridized carbons (Fsp3) is 0.400. The first-order chi connectivity index (χ1) is 8.70. The highest BCUT2D eigenvalue weighted by atomic mass is 19.1. The maximum Gasteiger partial charge on any atom is 0.190 e. The van der Waals surface area contributed by atoms with Crippen molar-refractivity contribution in [1.29, 1.82) is 0 Å². The highest BCUT2D eigenvalue weighted by Gasteiger charge is 2.17. The standard InChI is InChI=1S/C15H18FNO/c16-13-10-6-9-12(14(13)17)15(18)11-7-4-2-1-3-5-8-11/h6-7,9-10H,1-5,8,17H2/b11-7+. The molecule has 0 amide bonds. The molecule has 1 aliphatic rings. The molecule has 0 saturated heterocycles. The van der Waals surface area contributed by atoms with E-state index in [1.807, 2.05) is 6.08 Å². The van der Waals surface area contributed by atoms with Gasteiger partial charge in [-0.1, -0.05) is 25.0 Å². The van der Waals surface area contributed by atoms with Crippen molar-refractivity contribution >= 4 is 11.5 Å². The molecule has 1 aliphatic carbocycles. The maximum atomic E-state index is 13.4. The molecule has 2 N–H and O–H groups in total. The number of nitrogen functional groups attached to an aromatic ring is 1. The average Bonchev–Trinajstić information content (AvgIpc) is 2.31. The second-order valence-electron chi connectivity index (χ2n) is 4.71. The third-order valence-corrected chi connectivity index (χ3v) is 3.38. The number of para-hydroxylation sites is 1. The van der Waals surface area contributed by atoms with Crippen LogP contribution in [0.25, 0.3) is 0 Å². The average molecular weight is 247 g/mol. The van der Waals surface area contributed by atoms with Crippen LogP contribution in [0.5, 0.6) is 0 Å². The van der Waals surface area contributed by atoms with Crippen LogP contribution < -0.4 is 5.73 Å². The number of benzene rings is 1. The van der Waals surface area contributed by atoms with Gasteiger partial charge in [-0.25, -0.2) is 4.39 Å². The molecule has 96 valence electrons. The largest absolute Gasteiger partial charge is 0.396 e. The summed E-state index contributed by atoms with van der Waals surface area (Å²) in [6.45, 7) is 0. The van der Waals surface area contributed by atoms with Gasteiger partial charge in [0.25, 0.3) is 0 Å². The topological polar surface area (TPSA) is 43.1 Å². The monoisotopic (exact) mass is 247 g/mol. The predicted octanol–water partition coefficient (Wildman–Crippen LogP) is 3.87. The lowest BCUT2D eigenvalue weighted by Gasteiger charge is -2.12. The summed E-state index contributed by atoms with van der Waals surface area (Å²) in [5.41, 5.74) is 6.68. The van der Waals surface area contributed by atoms with E-state index in [1.54, 1.807) is 6.07 Å². The SMILES string of the molecule is Nc1c(F)cccc1C(=O)/C1=C/CCCCCC1. The molecule has 2 nitrogen and oxygen atoms in total. The van der Waals surface area contributed by atoms with E-state index in [1.165, 1.54) is 18.6 Å². The van der Waals surface area contributed by atoms with Crippen LogP contribution in [-0.4, -0.2) is 5.78 Å². The number of rotatable bonds is 2. The molecular formula is C15H18FNO. The molecule has 0 spiro atoms. The van der Waals surface area contributed by atoms with Crippen LogP contribution in [0.15, 0.2) is 29.8 Å². The van der Waals surface area contributed by atoms with Gasteiger partial charge in [0.2, 0.25) is 0 Å². The van der Waals surface area contributed by atoms with Gasteiger partial charge in [0, 0.05) is 5.56 Å². The molecular weight excluding hydrogens is 229 g/mol. The molecule has 2 rings (SSSR count). The quantitative estimate of drug-likeness (QED) is 0.636. The van der Waals surface area contributed by atoms with E-state index < -0.39 is 5.82 Å². The lowest BCUT2D eigenvalue weighted by Crippen LogP contribution is -2.09. The Hall–Kier alpha value is -1.64. The van der Waals surface area contributed by atoms with Gasteiger partial charge in [-0.15, -0.1) is 0 Å². The maximum absolute atomic E-state index is 13.4. The summed E-state index contributed by atoms with van der Waals surface area (Å²) in [6.07, 6.45) is 8.21. The van der Waals surface area contributed by atoms with Crippen molar-refractivity contribution in [2.45, 2.75) is 38.5 Å². The molecule has 0 saturated carbocycles. The third kappa shape index (κ3) is 2.78. The number of allylic oxidation sites excluding steroid dienone is 2. The second-order valence-corrected chi connectivity index (χ2v) is 4.71. The van der Waals surface area contributed by atoms with Crippen LogP contribution in [-0.2, 0) is 0 Å². The number of nitrogens with two attached hydrogens (primary N) is 1. The summed E-state index contributed by atoms with van der Waals surface area (Å²) in [6, 6.07) is 4.40. The molecule has 0 heterocycles. The van der Waals surface area contributed by atoms with Crippen molar-refractivity contribution < 1.29 is 9.18 Å². The summed E-state index contributed by atoms with van der Waals surface area (Å²) < 4.78 is 13.4. The van der Waals surface area contributed by atoms with Crippen LogP contribution in [0.4, 0.5) is 10.1 Å². The van der Waals surface area contributed by atoms with Crippen LogP contribution in [0.3, 0.4) is 0 Å². The van der Waals surface area contributed by atoms with Crippen molar-refractivity contribution in [2.75, 3.05) is 5.73 Å². The Morgan fingerprint density at radius 3 is 2.78 bits per heavy atom. The molecule has 1 aromatic rings. The predicted molar refractivity (Wildman–Crippen MR) is 70.9 cm³/mol. The smallest absolute Gasteiger partial charge is 0.190 e. The van der Waals surface area contributed by atoms with E-state index in [-0.39, 0.29) is 11.5 Å². The number of ketones is 1. The zero-order valence-corrected chi connectivity index (χ0v) is 10.4. The van der Waals surface area contributed by atoms with E-state index in [4.69, 9.17) is 5.73 Å². The summed E-state index contributed by atoms with van der Waals surface area (Å²) in [5.74, 6) is -0.638. The summed E-state index contributed by atoms with van der Waals surface area (Å²) in [7, 11) is 0. The second kappa shape index (κ2) is 5.80. The normalized spacial score (nSPS) is 19.5. The lowest BCUT2D eigenvalue weighted by molar-refractivity contribution is 0.103. The molecule has 0 bridgehead atoms. The minimum absolute atomic E-state index is 0.0366. The fourth-order valence-corrected chi connectivity index (χ4v) is 2.31. The number of carbonyl (C=O) groups is 1. The Bertz CT molecular complexity index is 479. The van der Waals surface area contributed by atoms with E-state index in [9.17, 15) is 9.18 Å². The van der Waals surface area contributed by atoms with E-state index in [0.29, 0.717) is 5.56 Å². The first-order valence-corrected chi connectivity index (χ1v) is 6.48. The number of hydrogen-bond donors (Lipinski definition) is 1. The highest BCUT2D eigenvalue weighted by molar-refractivity contribution is 6.11. The van der Waals surface area contributed by atoms with Gasteiger partial charge < -0.3 is 5.73 Å². The number of carbonyl (C=O) groups excluding carboxylic acids is 1. The highest BCUT2D eigenvalue weighted by Crippen LogP contribution is 2.24. The van der Waals surface area contributed by atoms with Crippen molar-refractivity contribution in [3.05, 3.63) is 41.2 Å². The Kier molecular flexibility index (Phi) is 4.13. The van der Waals surface area contributed by atoms with Crippen LogP contribution in [0, 0.1) is 5.82 Å². The van der Waals surface area contributed by atoms with Crippen molar-refractivity contribution in [2.24, 2.45) is 0 Å². The van der Waals surface area contributed by atoms with Gasteiger partial charge in [0.05, 0.1) is 5.69 Å². The van der Waals surface area contributed by atoms with Gasteiger partial charge in [-0.05, 0) is 43.4 Å². The molecule has 0 unspecified atom stereocenters. The van der Waals surface area contributed by atoms with Crippen LogP contribution in [0.1, 0.15) is 48.9 Å². The first-order valence-electron chi connectivity index (χ1n) is 6.48. The molecule has 0 aliphatic heterocycles. The van der Waals surface area contributed by atoms with E-state index >= 15 is 0 Å². The summed E-state index contributed by atoms with van der Waals surface area (Å²) in [4.78, 5) is 12.3. The fourth-order valence-electron chi connectivity index (χ4n) is 2.31. The lowest BCUT2D eigenvalue weighted by atomic mass is 9.93. The Morgan fingerprint density at radius 1 is 1.17 bits per heavy atom. The van der Waals surface area contributed by atoms with Gasteiger partial charge in [0.15, 0.2) is 5.78 Å². The van der Waals surface area contributed by atoms with E-state index in [0.717, 1.165) is 37.7 Å². The van der Waals surface area contributed by atoms with Gasteiger partial charge >= 0.3 is 0 Å². The molecule has 18 heavy (non-hydrogen) atoms. The van der Waals surface area contributed by atoms with Gasteiger partial charge in [-0.3, -0.25) is 4.79 Å². The Labute approximate surface area is 107 Å². The Morgan fingerprint density at radius 2 is 1.94 bits per heavy atom. The zero-order valence-electron chi connectivity index (χ0n) is 10.4. The van der Waals surface area contributed by atoms with Gasteiger partial charge in [0.1, 0.15) is 5.82 Å². The van der Waals surface area contributed by atoms with Crippen LogP contribution >= 0.6 is 0 Å². The minimum Gasteiger partial charge on any atom is -0.396 e. The number of Topliss-reactive ketones (excluding diaryl/α,β-unsaturated/α-hetero) is 1. The number of hydrogen-bond acceptors (Lipinski definition) is 2. The van der Waals surface area contributed by atoms with Crippen molar-refractivity contribution in [3.63, 3.8) is 0 Å². The molecule has 0 aromatic heterocycles. The minimum atomic E-state index is -0.521. The van der Waals surface area contributed by atoms with Crippen molar-refractivity contribution in [3.8, 4) is 0 Å². The van der Waals surface area contributed by atoms with E-state index in [2.05, 4.69) is 0 Å². The third-order valence-electron chi connectivity index (χ3n) is 3.38. The molecule has 0 radical (unpaired) electrons. The number of anilines is 1.